The maximum Gasteiger partial charge on any atom is 0.0137 e. The minimum Gasteiger partial charge on any atom is -0.312 e. The van der Waals surface area contributed by atoms with Crippen molar-refractivity contribution in [1.29, 1.82) is 0 Å². The molecular weight excluding hydrogens is 234 g/mol. The van der Waals surface area contributed by atoms with Crippen molar-refractivity contribution in [3.8, 4) is 0 Å². The Labute approximate surface area is 119 Å². The van der Waals surface area contributed by atoms with Crippen molar-refractivity contribution in [3.05, 3.63) is 0 Å². The van der Waals surface area contributed by atoms with E-state index in [4.69, 9.17) is 0 Å². The molecule has 2 rings (SSSR count). The highest BCUT2D eigenvalue weighted by Gasteiger charge is 2.37. The fourth-order valence-corrected chi connectivity index (χ4v) is 3.29. The van der Waals surface area contributed by atoms with Gasteiger partial charge in [0.2, 0.25) is 0 Å². The van der Waals surface area contributed by atoms with Gasteiger partial charge in [0.05, 0.1) is 0 Å². The molecule has 0 aromatic heterocycles. The minimum atomic E-state index is 0.260. The molecule has 2 atom stereocenters. The van der Waals surface area contributed by atoms with Gasteiger partial charge in [-0.05, 0) is 59.9 Å². The molecule has 0 bridgehead atoms. The van der Waals surface area contributed by atoms with Crippen LogP contribution >= 0.6 is 0 Å². The Morgan fingerprint density at radius 3 is 2.11 bits per heavy atom. The number of rotatable bonds is 4. The first-order chi connectivity index (χ1) is 8.87. The lowest BCUT2D eigenvalue weighted by atomic mass is 9.77. The molecule has 1 aliphatic carbocycles. The third-order valence-corrected chi connectivity index (χ3v) is 4.82. The first-order valence-corrected chi connectivity index (χ1v) is 8.10. The van der Waals surface area contributed by atoms with Crippen LogP contribution in [0.15, 0.2) is 0 Å². The Morgan fingerprint density at radius 1 is 1.05 bits per heavy atom. The summed E-state index contributed by atoms with van der Waals surface area (Å²) in [5.74, 6) is 0.879. The van der Waals surface area contributed by atoms with Crippen molar-refractivity contribution in [3.63, 3.8) is 0 Å². The molecule has 0 spiro atoms. The van der Waals surface area contributed by atoms with Crippen LogP contribution in [0.5, 0.6) is 0 Å². The first kappa shape index (κ1) is 15.3. The molecule has 1 saturated heterocycles. The zero-order valence-electron chi connectivity index (χ0n) is 13.6. The van der Waals surface area contributed by atoms with Crippen molar-refractivity contribution in [2.24, 2.45) is 5.92 Å². The Hall–Kier alpha value is -0.120. The lowest BCUT2D eigenvalue weighted by molar-refractivity contribution is 0.0116. The van der Waals surface area contributed by atoms with Gasteiger partial charge < -0.3 is 5.32 Å². The van der Waals surface area contributed by atoms with E-state index >= 15 is 0 Å². The monoisotopic (exact) mass is 267 g/mol. The van der Waals surface area contributed by atoms with E-state index in [9.17, 15) is 0 Å². The van der Waals surface area contributed by atoms with Crippen molar-refractivity contribution in [2.75, 3.05) is 32.7 Å². The average molecular weight is 267 g/mol. The number of piperazine rings is 1. The van der Waals surface area contributed by atoms with Crippen LogP contribution in [0, 0.1) is 5.92 Å². The van der Waals surface area contributed by atoms with Gasteiger partial charge in [-0.1, -0.05) is 0 Å². The minimum absolute atomic E-state index is 0.260. The summed E-state index contributed by atoms with van der Waals surface area (Å²) in [7, 11) is 0. The van der Waals surface area contributed by atoms with Gasteiger partial charge in [0.25, 0.3) is 0 Å². The summed E-state index contributed by atoms with van der Waals surface area (Å²) in [4.78, 5) is 5.36. The lowest BCUT2D eigenvalue weighted by Gasteiger charge is -2.49. The molecule has 0 aromatic rings. The second kappa shape index (κ2) is 6.11. The van der Waals surface area contributed by atoms with Crippen LogP contribution in [0.3, 0.4) is 0 Å². The molecule has 0 radical (unpaired) electrons. The van der Waals surface area contributed by atoms with Gasteiger partial charge >= 0.3 is 0 Å². The molecular formula is C16H33N3. The van der Waals surface area contributed by atoms with Crippen LogP contribution in [0.1, 0.15) is 47.5 Å². The van der Waals surface area contributed by atoms with Crippen LogP contribution in [0.4, 0.5) is 0 Å². The highest BCUT2D eigenvalue weighted by Crippen LogP contribution is 2.32. The lowest BCUT2D eigenvalue weighted by Crippen LogP contribution is -2.58. The molecule has 2 fully saturated rings. The van der Waals surface area contributed by atoms with Gasteiger partial charge in [0, 0.05) is 43.8 Å². The molecule has 1 N–H and O–H groups in total. The average Bonchev–Trinajstić information content (AvgIpc) is 2.26. The Bertz CT molecular complexity index is 274. The zero-order valence-corrected chi connectivity index (χ0v) is 13.6. The first-order valence-electron chi connectivity index (χ1n) is 8.10. The van der Waals surface area contributed by atoms with E-state index in [0.717, 1.165) is 12.0 Å². The van der Waals surface area contributed by atoms with Crippen molar-refractivity contribution in [1.82, 2.24) is 15.1 Å². The number of hydrogen-bond donors (Lipinski definition) is 1. The summed E-state index contributed by atoms with van der Waals surface area (Å²) in [6.07, 6.45) is 2.83. The standard InChI is InChI=1S/C16H33N3/c1-13(2)18-8-10-19(11-9-18)15-7-6-14(15)12-17-16(3,4)5/h13-15,17H,6-12H2,1-5H3. The molecule has 0 aromatic carbocycles. The Balaban J connectivity index is 1.74. The van der Waals surface area contributed by atoms with Gasteiger partial charge in [-0.2, -0.15) is 0 Å². The normalized spacial score (nSPS) is 30.6. The van der Waals surface area contributed by atoms with Crippen LogP contribution < -0.4 is 5.32 Å². The summed E-state index contributed by atoms with van der Waals surface area (Å²) in [5.41, 5.74) is 0.260. The summed E-state index contributed by atoms with van der Waals surface area (Å²) in [6, 6.07) is 1.56. The molecule has 112 valence electrons. The highest BCUT2D eigenvalue weighted by atomic mass is 15.3. The second-order valence-electron chi connectivity index (χ2n) is 7.70. The van der Waals surface area contributed by atoms with Gasteiger partial charge in [-0.25, -0.2) is 0 Å². The maximum absolute atomic E-state index is 3.68. The third-order valence-electron chi connectivity index (χ3n) is 4.82. The number of hydrogen-bond acceptors (Lipinski definition) is 3. The molecule has 3 heteroatoms. The van der Waals surface area contributed by atoms with Crippen molar-refractivity contribution < 1.29 is 0 Å². The molecule has 1 saturated carbocycles. The predicted octanol–water partition coefficient (Wildman–Crippen LogP) is 2.18. The quantitative estimate of drug-likeness (QED) is 0.842. The van der Waals surface area contributed by atoms with E-state index in [2.05, 4.69) is 49.7 Å². The fourth-order valence-electron chi connectivity index (χ4n) is 3.29. The van der Waals surface area contributed by atoms with Gasteiger partial charge in [-0.15, -0.1) is 0 Å². The highest BCUT2D eigenvalue weighted by molar-refractivity contribution is 4.93. The van der Waals surface area contributed by atoms with Gasteiger partial charge in [-0.3, -0.25) is 9.80 Å². The van der Waals surface area contributed by atoms with Crippen LogP contribution in [0.2, 0.25) is 0 Å². The maximum atomic E-state index is 3.68. The van der Waals surface area contributed by atoms with Crippen molar-refractivity contribution in [2.45, 2.75) is 65.1 Å². The SMILES string of the molecule is CC(C)N1CCN(C2CCC2CNC(C)(C)C)CC1. The topological polar surface area (TPSA) is 18.5 Å². The molecule has 3 nitrogen and oxygen atoms in total. The zero-order chi connectivity index (χ0) is 14.0. The van der Waals surface area contributed by atoms with E-state index in [1.807, 2.05) is 0 Å². The molecule has 2 unspecified atom stereocenters. The van der Waals surface area contributed by atoms with E-state index in [1.54, 1.807) is 0 Å². The van der Waals surface area contributed by atoms with E-state index in [0.29, 0.717) is 6.04 Å². The van der Waals surface area contributed by atoms with E-state index < -0.39 is 0 Å². The van der Waals surface area contributed by atoms with Gasteiger partial charge in [0.15, 0.2) is 0 Å². The second-order valence-corrected chi connectivity index (χ2v) is 7.70. The van der Waals surface area contributed by atoms with Gasteiger partial charge in [0.1, 0.15) is 0 Å². The largest absolute Gasteiger partial charge is 0.312 e. The Kier molecular flexibility index (Phi) is 4.91. The van der Waals surface area contributed by atoms with Crippen LogP contribution in [-0.4, -0.2) is 60.1 Å². The Morgan fingerprint density at radius 2 is 1.68 bits per heavy atom. The molecule has 19 heavy (non-hydrogen) atoms. The summed E-state index contributed by atoms with van der Waals surface area (Å²) in [5, 5.41) is 3.68. The molecule has 1 aliphatic heterocycles. The number of nitrogens with zero attached hydrogens (tertiary/aromatic N) is 2. The van der Waals surface area contributed by atoms with Crippen LogP contribution in [0.25, 0.3) is 0 Å². The smallest absolute Gasteiger partial charge is 0.0137 e. The number of nitrogens with one attached hydrogen (secondary N) is 1. The van der Waals surface area contributed by atoms with Crippen LogP contribution in [-0.2, 0) is 0 Å². The predicted molar refractivity (Wildman–Crippen MR) is 82.5 cm³/mol. The van der Waals surface area contributed by atoms with Crippen molar-refractivity contribution >= 4 is 0 Å². The summed E-state index contributed by atoms with van der Waals surface area (Å²) < 4.78 is 0. The van der Waals surface area contributed by atoms with E-state index in [1.165, 1.54) is 45.6 Å². The molecule has 2 aliphatic rings. The molecule has 0 amide bonds. The molecule has 1 heterocycles. The third kappa shape index (κ3) is 4.17. The van der Waals surface area contributed by atoms with E-state index in [-0.39, 0.29) is 5.54 Å². The summed E-state index contributed by atoms with van der Waals surface area (Å²) in [6.45, 7) is 17.7. The fraction of sp³-hybridized carbons (Fsp3) is 1.00. The summed E-state index contributed by atoms with van der Waals surface area (Å²) >= 11 is 0.